The fraction of sp³-hybridized carbons (Fsp3) is 0.500. The highest BCUT2D eigenvalue weighted by molar-refractivity contribution is 5.85. The quantitative estimate of drug-likeness (QED) is 0.872. The molecular weight excluding hydrogens is 264 g/mol. The Hall–Kier alpha value is -0.910. The van der Waals surface area contributed by atoms with E-state index in [1.54, 1.807) is 12.1 Å². The van der Waals surface area contributed by atoms with Crippen LogP contribution < -0.4 is 10.5 Å². The Morgan fingerprint density at radius 1 is 1.17 bits per heavy atom. The molecule has 6 heteroatoms. The zero-order valence-electron chi connectivity index (χ0n) is 10.2. The van der Waals surface area contributed by atoms with E-state index in [-0.39, 0.29) is 24.1 Å². The largest absolute Gasteiger partial charge is 0.435 e. The van der Waals surface area contributed by atoms with Crippen LogP contribution in [0.4, 0.5) is 8.78 Å². The number of aliphatic hydroxyl groups is 1. The topological polar surface area (TPSA) is 55.5 Å². The lowest BCUT2D eigenvalue weighted by atomic mass is 9.94. The molecule has 0 aromatic heterocycles. The zero-order valence-corrected chi connectivity index (χ0v) is 11.0. The van der Waals surface area contributed by atoms with E-state index < -0.39 is 18.8 Å². The molecular formula is C12H18ClF2NO2. The second-order valence-corrected chi connectivity index (χ2v) is 4.21. The van der Waals surface area contributed by atoms with E-state index >= 15 is 0 Å². The van der Waals surface area contributed by atoms with E-state index in [2.05, 4.69) is 4.74 Å². The number of nitrogens with two attached hydrogens (primary N) is 1. The van der Waals surface area contributed by atoms with Crippen LogP contribution in [-0.4, -0.2) is 17.8 Å². The van der Waals surface area contributed by atoms with Crippen LogP contribution in [0.5, 0.6) is 5.75 Å². The molecule has 1 rings (SSSR count). The number of aliphatic hydroxyl groups excluding tert-OH is 1. The Morgan fingerprint density at radius 3 is 2.06 bits per heavy atom. The molecule has 1 aromatic rings. The highest BCUT2D eigenvalue weighted by atomic mass is 35.5. The number of halogens is 3. The fourth-order valence-electron chi connectivity index (χ4n) is 1.48. The van der Waals surface area contributed by atoms with Gasteiger partial charge in [-0.3, -0.25) is 0 Å². The zero-order chi connectivity index (χ0) is 13.0. The van der Waals surface area contributed by atoms with E-state index in [0.29, 0.717) is 5.56 Å². The van der Waals surface area contributed by atoms with Crippen molar-refractivity contribution in [2.75, 3.05) is 0 Å². The van der Waals surface area contributed by atoms with Gasteiger partial charge in [0.15, 0.2) is 0 Å². The molecule has 0 aliphatic carbocycles. The van der Waals surface area contributed by atoms with Crippen LogP contribution in [0.25, 0.3) is 0 Å². The summed E-state index contributed by atoms with van der Waals surface area (Å²) in [5.41, 5.74) is 6.54. The smallest absolute Gasteiger partial charge is 0.387 e. The standard InChI is InChI=1S/C12H17F2NO2.ClH/c1-7(2)11(16)10(15)8-3-5-9(6-4-8)17-12(13)14;/h3-7,10-12,16H,15H2,1-2H3;1H/t10-,11+;/m1./s1. The average Bonchev–Trinajstić information content (AvgIpc) is 2.27. The molecule has 1 aromatic carbocycles. The molecule has 0 saturated heterocycles. The van der Waals surface area contributed by atoms with Crippen molar-refractivity contribution in [1.82, 2.24) is 0 Å². The molecule has 3 nitrogen and oxygen atoms in total. The lowest BCUT2D eigenvalue weighted by Gasteiger charge is -2.22. The molecule has 0 aliphatic heterocycles. The minimum atomic E-state index is -2.84. The Balaban J connectivity index is 0.00000289. The first-order chi connectivity index (χ1) is 7.91. The van der Waals surface area contributed by atoms with Crippen molar-refractivity contribution in [2.45, 2.75) is 32.6 Å². The number of benzene rings is 1. The number of ether oxygens (including phenoxy) is 1. The second kappa shape index (κ2) is 7.51. The molecule has 0 radical (unpaired) electrons. The van der Waals surface area contributed by atoms with Gasteiger partial charge < -0.3 is 15.6 Å². The second-order valence-electron chi connectivity index (χ2n) is 4.21. The van der Waals surface area contributed by atoms with Crippen LogP contribution >= 0.6 is 12.4 Å². The average molecular weight is 282 g/mol. The van der Waals surface area contributed by atoms with Crippen molar-refractivity contribution in [1.29, 1.82) is 0 Å². The number of hydrogen-bond acceptors (Lipinski definition) is 3. The molecule has 0 unspecified atom stereocenters. The van der Waals surface area contributed by atoms with Gasteiger partial charge >= 0.3 is 6.61 Å². The van der Waals surface area contributed by atoms with Gasteiger partial charge in [-0.15, -0.1) is 12.4 Å². The van der Waals surface area contributed by atoms with Crippen molar-refractivity contribution in [3.05, 3.63) is 29.8 Å². The maximum Gasteiger partial charge on any atom is 0.387 e. The molecule has 3 N–H and O–H groups in total. The van der Waals surface area contributed by atoms with Crippen LogP contribution in [0.1, 0.15) is 25.5 Å². The molecule has 0 amide bonds. The van der Waals surface area contributed by atoms with Gasteiger partial charge in [0.05, 0.1) is 12.1 Å². The summed E-state index contributed by atoms with van der Waals surface area (Å²) >= 11 is 0. The van der Waals surface area contributed by atoms with Gasteiger partial charge in [0.1, 0.15) is 5.75 Å². The summed E-state index contributed by atoms with van der Waals surface area (Å²) in [7, 11) is 0. The van der Waals surface area contributed by atoms with Crippen molar-refractivity contribution < 1.29 is 18.6 Å². The van der Waals surface area contributed by atoms with Crippen molar-refractivity contribution in [3.63, 3.8) is 0 Å². The highest BCUT2D eigenvalue weighted by Gasteiger charge is 2.20. The minimum absolute atomic E-state index is 0. The van der Waals surface area contributed by atoms with Gasteiger partial charge in [0, 0.05) is 0 Å². The maximum absolute atomic E-state index is 11.9. The van der Waals surface area contributed by atoms with Crippen LogP contribution in [0.15, 0.2) is 24.3 Å². The van der Waals surface area contributed by atoms with Gasteiger partial charge in [0.25, 0.3) is 0 Å². The summed E-state index contributed by atoms with van der Waals surface area (Å²) in [6.07, 6.45) is -0.670. The van der Waals surface area contributed by atoms with Crippen LogP contribution in [0, 0.1) is 5.92 Å². The Bertz CT molecular complexity index is 346. The molecule has 2 atom stereocenters. The fourth-order valence-corrected chi connectivity index (χ4v) is 1.48. The molecule has 0 fully saturated rings. The van der Waals surface area contributed by atoms with E-state index in [9.17, 15) is 13.9 Å². The van der Waals surface area contributed by atoms with Gasteiger partial charge in [-0.25, -0.2) is 0 Å². The lowest BCUT2D eigenvalue weighted by molar-refractivity contribution is -0.0498. The normalized spacial score (nSPS) is 14.2. The number of rotatable bonds is 5. The summed E-state index contributed by atoms with van der Waals surface area (Å²) in [6, 6.07) is 5.45. The predicted octanol–water partition coefficient (Wildman–Crippen LogP) is 2.73. The molecule has 0 aliphatic rings. The molecule has 0 bridgehead atoms. The van der Waals surface area contributed by atoms with Crippen molar-refractivity contribution in [2.24, 2.45) is 11.7 Å². The molecule has 0 heterocycles. The first kappa shape index (κ1) is 17.1. The minimum Gasteiger partial charge on any atom is -0.435 e. The summed E-state index contributed by atoms with van der Waals surface area (Å²) in [4.78, 5) is 0. The maximum atomic E-state index is 11.9. The van der Waals surface area contributed by atoms with Gasteiger partial charge in [-0.05, 0) is 23.6 Å². The predicted molar refractivity (Wildman–Crippen MR) is 68.1 cm³/mol. The van der Waals surface area contributed by atoms with E-state index in [4.69, 9.17) is 5.73 Å². The summed E-state index contributed by atoms with van der Waals surface area (Å²) in [5.74, 6) is 0.108. The first-order valence-corrected chi connectivity index (χ1v) is 5.40. The van der Waals surface area contributed by atoms with E-state index in [0.717, 1.165) is 0 Å². The van der Waals surface area contributed by atoms with Crippen molar-refractivity contribution in [3.8, 4) is 5.75 Å². The lowest BCUT2D eigenvalue weighted by Crippen LogP contribution is -2.30. The number of hydrogen-bond donors (Lipinski definition) is 2. The van der Waals surface area contributed by atoms with Crippen molar-refractivity contribution >= 4 is 12.4 Å². The third kappa shape index (κ3) is 4.76. The van der Waals surface area contributed by atoms with Gasteiger partial charge in [-0.2, -0.15) is 8.78 Å². The number of alkyl halides is 2. The Labute approximate surface area is 111 Å². The van der Waals surface area contributed by atoms with Gasteiger partial charge in [0.2, 0.25) is 0 Å². The summed E-state index contributed by atoms with van der Waals surface area (Å²) in [6.45, 7) is 0.883. The molecule has 0 saturated carbocycles. The van der Waals surface area contributed by atoms with E-state index in [1.165, 1.54) is 12.1 Å². The first-order valence-electron chi connectivity index (χ1n) is 5.40. The third-order valence-electron chi connectivity index (χ3n) is 2.54. The highest BCUT2D eigenvalue weighted by Crippen LogP contribution is 2.22. The van der Waals surface area contributed by atoms with Crippen LogP contribution in [0.3, 0.4) is 0 Å². The Kier molecular flexibility index (Phi) is 7.13. The van der Waals surface area contributed by atoms with Crippen LogP contribution in [-0.2, 0) is 0 Å². The molecule has 18 heavy (non-hydrogen) atoms. The third-order valence-corrected chi connectivity index (χ3v) is 2.54. The SMILES string of the molecule is CC(C)[C@H](O)[C@H](N)c1ccc(OC(F)F)cc1.Cl. The Morgan fingerprint density at radius 2 is 1.67 bits per heavy atom. The van der Waals surface area contributed by atoms with Gasteiger partial charge in [-0.1, -0.05) is 26.0 Å². The summed E-state index contributed by atoms with van der Waals surface area (Å²) in [5, 5.41) is 9.79. The molecule has 104 valence electrons. The van der Waals surface area contributed by atoms with Crippen LogP contribution in [0.2, 0.25) is 0 Å². The van der Waals surface area contributed by atoms with E-state index in [1.807, 2.05) is 13.8 Å². The summed E-state index contributed by atoms with van der Waals surface area (Å²) < 4.78 is 28.1. The molecule has 0 spiro atoms. The monoisotopic (exact) mass is 281 g/mol.